The van der Waals surface area contributed by atoms with Crippen LogP contribution in [-0.4, -0.2) is 24.4 Å². The zero-order chi connectivity index (χ0) is 14.8. The van der Waals surface area contributed by atoms with Crippen molar-refractivity contribution in [1.29, 1.82) is 0 Å². The van der Waals surface area contributed by atoms with Gasteiger partial charge >= 0.3 is 0 Å². The minimum atomic E-state index is -0.223. The van der Waals surface area contributed by atoms with Gasteiger partial charge in [-0.3, -0.25) is 9.59 Å². The molecule has 0 aliphatic carbocycles. The maximum Gasteiger partial charge on any atom is 0.251 e. The fraction of sp³-hybridized carbons (Fsp3) is 0.500. The molecule has 1 unspecified atom stereocenters. The lowest BCUT2D eigenvalue weighted by molar-refractivity contribution is -0.120. The molecule has 0 saturated carbocycles. The average Bonchev–Trinajstić information content (AvgIpc) is 2.46. The Morgan fingerprint density at radius 1 is 1.15 bits per heavy atom. The van der Waals surface area contributed by atoms with Gasteiger partial charge in [-0.05, 0) is 25.5 Å². The molecule has 0 aliphatic rings. The minimum Gasteiger partial charge on any atom is -0.352 e. The second-order valence-electron chi connectivity index (χ2n) is 5.01. The summed E-state index contributed by atoms with van der Waals surface area (Å²) in [4.78, 5) is 23.5. The zero-order valence-electron chi connectivity index (χ0n) is 12.3. The maximum atomic E-state index is 11.8. The van der Waals surface area contributed by atoms with E-state index in [0.717, 1.165) is 12.8 Å². The molecule has 4 nitrogen and oxygen atoms in total. The smallest absolute Gasteiger partial charge is 0.251 e. The second kappa shape index (κ2) is 9.13. The largest absolute Gasteiger partial charge is 0.352 e. The Balaban J connectivity index is 2.24. The van der Waals surface area contributed by atoms with Crippen LogP contribution in [0.3, 0.4) is 0 Å². The van der Waals surface area contributed by atoms with Crippen molar-refractivity contribution in [2.24, 2.45) is 0 Å². The van der Waals surface area contributed by atoms with E-state index in [1.807, 2.05) is 13.0 Å². The second-order valence-corrected chi connectivity index (χ2v) is 5.01. The van der Waals surface area contributed by atoms with E-state index in [4.69, 9.17) is 0 Å². The van der Waals surface area contributed by atoms with Gasteiger partial charge in [0.25, 0.3) is 5.91 Å². The first-order valence-corrected chi connectivity index (χ1v) is 7.26. The number of benzene rings is 1. The van der Waals surface area contributed by atoms with Crippen LogP contribution in [0.1, 0.15) is 49.9 Å². The Bertz CT molecular complexity index is 418. The number of nitrogens with one attached hydrogen (secondary N) is 2. The van der Waals surface area contributed by atoms with Crippen LogP contribution in [-0.2, 0) is 4.79 Å². The van der Waals surface area contributed by atoms with Crippen LogP contribution in [0.2, 0.25) is 0 Å². The summed E-state index contributed by atoms with van der Waals surface area (Å²) >= 11 is 0. The van der Waals surface area contributed by atoms with Crippen molar-refractivity contribution in [3.8, 4) is 0 Å². The van der Waals surface area contributed by atoms with Crippen LogP contribution >= 0.6 is 0 Å². The number of carbonyl (C=O) groups is 2. The highest BCUT2D eigenvalue weighted by Crippen LogP contribution is 2.02. The van der Waals surface area contributed by atoms with Crippen LogP contribution in [0, 0.1) is 0 Å². The average molecular weight is 276 g/mol. The van der Waals surface area contributed by atoms with E-state index >= 15 is 0 Å². The van der Waals surface area contributed by atoms with Crippen LogP contribution in [0.15, 0.2) is 30.3 Å². The van der Waals surface area contributed by atoms with Crippen molar-refractivity contribution in [2.45, 2.75) is 45.6 Å². The quantitative estimate of drug-likeness (QED) is 0.717. The van der Waals surface area contributed by atoms with E-state index in [9.17, 15) is 9.59 Å². The molecule has 2 N–H and O–H groups in total. The van der Waals surface area contributed by atoms with E-state index in [2.05, 4.69) is 17.6 Å². The number of hydrogen-bond donors (Lipinski definition) is 2. The fourth-order valence-corrected chi connectivity index (χ4v) is 1.95. The number of carbonyl (C=O) groups excluding carboxylic acids is 2. The number of rotatable bonds is 8. The first kappa shape index (κ1) is 16.2. The molecule has 0 aromatic heterocycles. The van der Waals surface area contributed by atoms with Gasteiger partial charge in [0.1, 0.15) is 0 Å². The van der Waals surface area contributed by atoms with Crippen LogP contribution in [0.5, 0.6) is 0 Å². The third-order valence-corrected chi connectivity index (χ3v) is 3.09. The molecule has 0 saturated heterocycles. The highest BCUT2D eigenvalue weighted by molar-refractivity contribution is 5.96. The molecular formula is C16H24N2O2. The minimum absolute atomic E-state index is 0.0197. The molecule has 0 bridgehead atoms. The van der Waals surface area contributed by atoms with E-state index in [1.165, 1.54) is 12.8 Å². The van der Waals surface area contributed by atoms with Crippen LogP contribution in [0.4, 0.5) is 0 Å². The van der Waals surface area contributed by atoms with Gasteiger partial charge < -0.3 is 10.6 Å². The Morgan fingerprint density at radius 3 is 2.50 bits per heavy atom. The molecule has 20 heavy (non-hydrogen) atoms. The van der Waals surface area contributed by atoms with Crippen LogP contribution < -0.4 is 10.6 Å². The van der Waals surface area contributed by atoms with E-state index in [1.54, 1.807) is 24.3 Å². The SMILES string of the molecule is CCCCCC(C)NC(=O)CNC(=O)c1ccccc1. The monoisotopic (exact) mass is 276 g/mol. The molecule has 2 amide bonds. The van der Waals surface area contributed by atoms with Crippen molar-refractivity contribution < 1.29 is 9.59 Å². The normalized spacial score (nSPS) is 11.7. The van der Waals surface area contributed by atoms with Crippen molar-refractivity contribution in [2.75, 3.05) is 6.54 Å². The van der Waals surface area contributed by atoms with Crippen molar-refractivity contribution in [1.82, 2.24) is 10.6 Å². The molecule has 4 heteroatoms. The first-order chi connectivity index (χ1) is 9.63. The lowest BCUT2D eigenvalue weighted by atomic mass is 10.1. The standard InChI is InChI=1S/C16H24N2O2/c1-3-4-6-9-13(2)18-15(19)12-17-16(20)14-10-7-5-8-11-14/h5,7-8,10-11,13H,3-4,6,9,12H2,1-2H3,(H,17,20)(H,18,19). The third-order valence-electron chi connectivity index (χ3n) is 3.09. The molecule has 1 aromatic carbocycles. The third kappa shape index (κ3) is 6.36. The predicted molar refractivity (Wildman–Crippen MR) is 80.5 cm³/mol. The van der Waals surface area contributed by atoms with E-state index in [-0.39, 0.29) is 24.4 Å². The summed E-state index contributed by atoms with van der Waals surface area (Å²) in [7, 11) is 0. The van der Waals surface area contributed by atoms with E-state index < -0.39 is 0 Å². The number of unbranched alkanes of at least 4 members (excludes halogenated alkanes) is 2. The van der Waals surface area contributed by atoms with Gasteiger partial charge in [-0.2, -0.15) is 0 Å². The van der Waals surface area contributed by atoms with Crippen molar-refractivity contribution >= 4 is 11.8 Å². The summed E-state index contributed by atoms with van der Waals surface area (Å²) in [6.07, 6.45) is 4.46. The van der Waals surface area contributed by atoms with E-state index in [0.29, 0.717) is 5.56 Å². The molecule has 0 aliphatic heterocycles. The van der Waals surface area contributed by atoms with Crippen molar-refractivity contribution in [3.05, 3.63) is 35.9 Å². The van der Waals surface area contributed by atoms with Gasteiger partial charge in [0, 0.05) is 11.6 Å². The molecule has 0 heterocycles. The summed E-state index contributed by atoms with van der Waals surface area (Å²) in [5, 5.41) is 5.51. The van der Waals surface area contributed by atoms with Gasteiger partial charge in [-0.15, -0.1) is 0 Å². The highest BCUT2D eigenvalue weighted by atomic mass is 16.2. The van der Waals surface area contributed by atoms with Gasteiger partial charge in [0.2, 0.25) is 5.91 Å². The van der Waals surface area contributed by atoms with Crippen LogP contribution in [0.25, 0.3) is 0 Å². The highest BCUT2D eigenvalue weighted by Gasteiger charge is 2.09. The number of hydrogen-bond acceptors (Lipinski definition) is 2. The maximum absolute atomic E-state index is 11.8. The number of amides is 2. The van der Waals surface area contributed by atoms with Gasteiger partial charge in [0.15, 0.2) is 0 Å². The van der Waals surface area contributed by atoms with Gasteiger partial charge in [-0.25, -0.2) is 0 Å². The van der Waals surface area contributed by atoms with Gasteiger partial charge in [0.05, 0.1) is 6.54 Å². The molecule has 0 radical (unpaired) electrons. The lowest BCUT2D eigenvalue weighted by Crippen LogP contribution is -2.40. The van der Waals surface area contributed by atoms with Gasteiger partial charge in [-0.1, -0.05) is 44.4 Å². The summed E-state index contributed by atoms with van der Waals surface area (Å²) in [6.45, 7) is 4.17. The molecular weight excluding hydrogens is 252 g/mol. The summed E-state index contributed by atoms with van der Waals surface area (Å²) in [5.41, 5.74) is 0.566. The first-order valence-electron chi connectivity index (χ1n) is 7.26. The topological polar surface area (TPSA) is 58.2 Å². The summed E-state index contributed by atoms with van der Waals surface area (Å²) in [5.74, 6) is -0.363. The Labute approximate surface area is 121 Å². The Kier molecular flexibility index (Phi) is 7.40. The predicted octanol–water partition coefficient (Wildman–Crippen LogP) is 2.50. The Morgan fingerprint density at radius 2 is 1.85 bits per heavy atom. The molecule has 110 valence electrons. The lowest BCUT2D eigenvalue weighted by Gasteiger charge is -2.14. The zero-order valence-corrected chi connectivity index (χ0v) is 12.3. The molecule has 1 atom stereocenters. The summed E-state index contributed by atoms with van der Waals surface area (Å²) in [6, 6.07) is 9.04. The Hall–Kier alpha value is -1.84. The molecule has 1 rings (SSSR count). The van der Waals surface area contributed by atoms with Crippen molar-refractivity contribution in [3.63, 3.8) is 0 Å². The summed E-state index contributed by atoms with van der Waals surface area (Å²) < 4.78 is 0. The molecule has 0 spiro atoms. The molecule has 1 aromatic rings. The fourth-order valence-electron chi connectivity index (χ4n) is 1.95. The molecule has 0 fully saturated rings.